The predicted octanol–water partition coefficient (Wildman–Crippen LogP) is 3.35. The lowest BCUT2D eigenvalue weighted by molar-refractivity contribution is -0.118. The molecule has 0 bridgehead atoms. The molecular weight excluding hydrogens is 342 g/mol. The summed E-state index contributed by atoms with van der Waals surface area (Å²) in [6.07, 6.45) is 3.45. The van der Waals surface area contributed by atoms with E-state index in [1.165, 1.54) is 6.20 Å². The largest absolute Gasteiger partial charge is 0.483 e. The first-order chi connectivity index (χ1) is 12.2. The molecule has 25 heavy (non-hydrogen) atoms. The van der Waals surface area contributed by atoms with Gasteiger partial charge in [-0.05, 0) is 30.3 Å². The Morgan fingerprint density at radius 2 is 2.16 bits per heavy atom. The molecule has 0 aliphatic carbocycles. The minimum Gasteiger partial charge on any atom is -0.483 e. The average Bonchev–Trinajstić information content (AvgIpc) is 3.04. The predicted molar refractivity (Wildman–Crippen MR) is 97.2 cm³/mol. The van der Waals surface area contributed by atoms with Gasteiger partial charge in [-0.1, -0.05) is 17.7 Å². The number of hydrogen-bond donors (Lipinski definition) is 1. The first kappa shape index (κ1) is 17.3. The summed E-state index contributed by atoms with van der Waals surface area (Å²) in [6, 6.07) is 11.0. The molecule has 0 aliphatic rings. The lowest BCUT2D eigenvalue weighted by Gasteiger charge is -2.09. The van der Waals surface area contributed by atoms with Gasteiger partial charge in [0.1, 0.15) is 11.6 Å². The highest BCUT2D eigenvalue weighted by Crippen LogP contribution is 2.26. The van der Waals surface area contributed by atoms with Gasteiger partial charge in [0.2, 0.25) is 0 Å². The molecule has 1 amide bonds. The third-order valence-electron chi connectivity index (χ3n) is 3.66. The van der Waals surface area contributed by atoms with E-state index in [9.17, 15) is 4.79 Å². The van der Waals surface area contributed by atoms with Crippen LogP contribution in [0.1, 0.15) is 0 Å². The van der Waals surface area contributed by atoms with Gasteiger partial charge < -0.3 is 19.4 Å². The minimum absolute atomic E-state index is 0.104. The normalized spacial score (nSPS) is 10.8. The molecule has 1 aromatic carbocycles. The number of halogens is 1. The zero-order valence-electron chi connectivity index (χ0n) is 13.7. The van der Waals surface area contributed by atoms with E-state index in [0.29, 0.717) is 23.2 Å². The summed E-state index contributed by atoms with van der Waals surface area (Å²) in [6.45, 7) is 1.28. The van der Waals surface area contributed by atoms with Crippen molar-refractivity contribution in [1.82, 2.24) is 9.55 Å². The smallest absolute Gasteiger partial charge is 0.263 e. The highest BCUT2D eigenvalue weighted by Gasteiger charge is 2.09. The van der Waals surface area contributed by atoms with E-state index in [0.717, 1.165) is 17.4 Å². The van der Waals surface area contributed by atoms with E-state index in [1.54, 1.807) is 19.2 Å². The van der Waals surface area contributed by atoms with Crippen LogP contribution in [0.2, 0.25) is 5.02 Å². The number of nitrogens with one attached hydrogen (secondary N) is 1. The second-order valence-corrected chi connectivity index (χ2v) is 5.83. The number of methoxy groups -OCH3 is 1. The van der Waals surface area contributed by atoms with Crippen LogP contribution in [-0.2, 0) is 16.1 Å². The van der Waals surface area contributed by atoms with E-state index >= 15 is 0 Å². The van der Waals surface area contributed by atoms with Crippen LogP contribution in [0.25, 0.3) is 10.9 Å². The monoisotopic (exact) mass is 359 g/mol. The minimum atomic E-state index is -0.286. The molecule has 0 radical (unpaired) electrons. The molecule has 7 heteroatoms. The number of nitrogens with zero attached hydrogens (tertiary/aromatic N) is 2. The lowest BCUT2D eigenvalue weighted by Crippen LogP contribution is -2.20. The molecule has 2 aromatic heterocycles. The Labute approximate surface area is 150 Å². The molecule has 0 spiro atoms. The number of carbonyl (C=O) groups is 1. The van der Waals surface area contributed by atoms with E-state index in [2.05, 4.69) is 14.9 Å². The molecule has 0 fully saturated rings. The summed E-state index contributed by atoms with van der Waals surface area (Å²) in [4.78, 5) is 16.0. The number of pyridine rings is 1. The maximum Gasteiger partial charge on any atom is 0.263 e. The molecule has 0 aliphatic heterocycles. The van der Waals surface area contributed by atoms with Gasteiger partial charge >= 0.3 is 0 Å². The number of fused-ring (bicyclic) bond motifs is 1. The quantitative estimate of drug-likeness (QED) is 0.702. The van der Waals surface area contributed by atoms with Gasteiger partial charge in [0, 0.05) is 31.4 Å². The SMILES string of the molecule is COCCn1ccc2c(OCC(=O)Nc3ccc(Cl)cn3)cccc21. The number of aromatic nitrogens is 2. The highest BCUT2D eigenvalue weighted by atomic mass is 35.5. The van der Waals surface area contributed by atoms with Crippen molar-refractivity contribution in [1.29, 1.82) is 0 Å². The van der Waals surface area contributed by atoms with Crippen LogP contribution in [0.4, 0.5) is 5.82 Å². The van der Waals surface area contributed by atoms with E-state index in [-0.39, 0.29) is 12.5 Å². The fraction of sp³-hybridized carbons (Fsp3) is 0.222. The summed E-state index contributed by atoms with van der Waals surface area (Å²) in [5, 5.41) is 4.13. The lowest BCUT2D eigenvalue weighted by atomic mass is 10.2. The number of hydrogen-bond acceptors (Lipinski definition) is 4. The molecule has 130 valence electrons. The summed E-state index contributed by atoms with van der Waals surface area (Å²) in [5.41, 5.74) is 1.04. The van der Waals surface area contributed by atoms with Crippen molar-refractivity contribution in [3.8, 4) is 5.75 Å². The standard InChI is InChI=1S/C18H18ClN3O3/c1-24-10-9-22-8-7-14-15(22)3-2-4-16(14)25-12-18(23)21-17-6-5-13(19)11-20-17/h2-8,11H,9-10,12H2,1H3,(H,20,21,23). The summed E-state index contributed by atoms with van der Waals surface area (Å²) in [7, 11) is 1.67. The van der Waals surface area contributed by atoms with Crippen molar-refractivity contribution in [2.24, 2.45) is 0 Å². The molecule has 0 atom stereocenters. The number of ether oxygens (including phenoxy) is 2. The molecule has 0 unspecified atom stereocenters. The van der Waals surface area contributed by atoms with Crippen LogP contribution < -0.4 is 10.1 Å². The van der Waals surface area contributed by atoms with E-state index < -0.39 is 0 Å². The summed E-state index contributed by atoms with van der Waals surface area (Å²) >= 11 is 5.77. The van der Waals surface area contributed by atoms with Gasteiger partial charge in [-0.3, -0.25) is 4.79 Å². The zero-order valence-corrected chi connectivity index (χ0v) is 14.5. The van der Waals surface area contributed by atoms with Crippen LogP contribution in [0, 0.1) is 0 Å². The van der Waals surface area contributed by atoms with Gasteiger partial charge in [0.05, 0.1) is 17.1 Å². The van der Waals surface area contributed by atoms with Crippen LogP contribution in [0.15, 0.2) is 48.8 Å². The van der Waals surface area contributed by atoms with Crippen molar-refractivity contribution in [3.05, 3.63) is 53.8 Å². The molecule has 3 aromatic rings. The Bertz CT molecular complexity index is 862. The molecule has 6 nitrogen and oxygen atoms in total. The van der Waals surface area contributed by atoms with Crippen molar-refractivity contribution in [2.75, 3.05) is 25.6 Å². The number of benzene rings is 1. The zero-order chi connectivity index (χ0) is 17.6. The molecule has 2 heterocycles. The third kappa shape index (κ3) is 4.29. The second-order valence-electron chi connectivity index (χ2n) is 5.39. The van der Waals surface area contributed by atoms with E-state index in [4.69, 9.17) is 21.1 Å². The van der Waals surface area contributed by atoms with Crippen LogP contribution in [0.5, 0.6) is 5.75 Å². The topological polar surface area (TPSA) is 65.4 Å². The summed E-state index contributed by atoms with van der Waals surface area (Å²) in [5.74, 6) is 0.806. The second kappa shape index (κ2) is 8.00. The van der Waals surface area contributed by atoms with Crippen LogP contribution in [-0.4, -0.2) is 35.8 Å². The number of rotatable bonds is 7. The maximum absolute atomic E-state index is 12.0. The Hall–Kier alpha value is -2.57. The average molecular weight is 360 g/mol. The van der Waals surface area contributed by atoms with Crippen LogP contribution >= 0.6 is 11.6 Å². The van der Waals surface area contributed by atoms with Gasteiger partial charge in [-0.2, -0.15) is 0 Å². The number of carbonyl (C=O) groups excluding carboxylic acids is 1. The Kier molecular flexibility index (Phi) is 5.53. The third-order valence-corrected chi connectivity index (χ3v) is 3.89. The number of amides is 1. The fourth-order valence-corrected chi connectivity index (χ4v) is 2.59. The molecule has 1 N–H and O–H groups in total. The van der Waals surface area contributed by atoms with Crippen molar-refractivity contribution >= 4 is 34.2 Å². The maximum atomic E-state index is 12.0. The Morgan fingerprint density at radius 1 is 1.28 bits per heavy atom. The Balaban J connectivity index is 1.65. The van der Waals surface area contributed by atoms with Crippen molar-refractivity contribution in [3.63, 3.8) is 0 Å². The first-order valence-electron chi connectivity index (χ1n) is 7.78. The van der Waals surface area contributed by atoms with Gasteiger partial charge in [-0.15, -0.1) is 0 Å². The van der Waals surface area contributed by atoms with Crippen molar-refractivity contribution in [2.45, 2.75) is 6.54 Å². The molecule has 0 saturated carbocycles. The fourth-order valence-electron chi connectivity index (χ4n) is 2.48. The Morgan fingerprint density at radius 3 is 2.92 bits per heavy atom. The van der Waals surface area contributed by atoms with E-state index in [1.807, 2.05) is 30.5 Å². The number of anilines is 1. The molecule has 3 rings (SSSR count). The van der Waals surface area contributed by atoms with Crippen molar-refractivity contribution < 1.29 is 14.3 Å². The highest BCUT2D eigenvalue weighted by molar-refractivity contribution is 6.30. The molecule has 0 saturated heterocycles. The van der Waals surface area contributed by atoms with Gasteiger partial charge in [0.25, 0.3) is 5.91 Å². The van der Waals surface area contributed by atoms with Gasteiger partial charge in [0.15, 0.2) is 6.61 Å². The summed E-state index contributed by atoms with van der Waals surface area (Å²) < 4.78 is 12.9. The first-order valence-corrected chi connectivity index (χ1v) is 8.16. The van der Waals surface area contributed by atoms with Crippen LogP contribution in [0.3, 0.4) is 0 Å². The molecular formula is C18H18ClN3O3. The van der Waals surface area contributed by atoms with Gasteiger partial charge in [-0.25, -0.2) is 4.98 Å².